The summed E-state index contributed by atoms with van der Waals surface area (Å²) in [6.45, 7) is 12.9. The van der Waals surface area contributed by atoms with Crippen LogP contribution in [0.5, 0.6) is 0 Å². The summed E-state index contributed by atoms with van der Waals surface area (Å²) in [4.78, 5) is 2.25. The van der Waals surface area contributed by atoms with Gasteiger partial charge in [-0.15, -0.1) is 0 Å². The summed E-state index contributed by atoms with van der Waals surface area (Å²) < 4.78 is 12.9. The fraction of sp³-hybridized carbons (Fsp3) is 0.933. The number of rotatable bonds is 10. The minimum atomic E-state index is 0.357. The van der Waals surface area contributed by atoms with Gasteiger partial charge in [0.15, 0.2) is 0 Å². The highest BCUT2D eigenvalue weighted by Crippen LogP contribution is 2.65. The summed E-state index contributed by atoms with van der Waals surface area (Å²) >= 11 is 0. The molecule has 3 heteroatoms. The Morgan fingerprint density at radius 2 is 1.82 bits per heavy atom. The van der Waals surface area contributed by atoms with Crippen LogP contribution in [-0.2, 0) is 9.47 Å². The predicted octanol–water partition coefficient (Wildman–Crippen LogP) is 7.11. The summed E-state index contributed by atoms with van der Waals surface area (Å²) in [5.41, 5.74) is 2.58. The summed E-state index contributed by atoms with van der Waals surface area (Å²) in [5, 5.41) is 0. The molecule has 0 N–H and O–H groups in total. The second-order valence-corrected chi connectivity index (χ2v) is 12.9. The predicted molar refractivity (Wildman–Crippen MR) is 138 cm³/mol. The van der Waals surface area contributed by atoms with Crippen molar-refractivity contribution in [2.75, 3.05) is 33.9 Å². The molecule has 3 fully saturated rings. The number of fused-ring (bicyclic) bond motifs is 5. The molecule has 0 aliphatic heterocycles. The summed E-state index contributed by atoms with van der Waals surface area (Å²) in [6, 6.07) is 0. The molecule has 0 spiro atoms. The van der Waals surface area contributed by atoms with Crippen LogP contribution in [0.2, 0.25) is 0 Å². The molecule has 8 unspecified atom stereocenters. The first-order chi connectivity index (χ1) is 15.8. The Labute approximate surface area is 205 Å². The van der Waals surface area contributed by atoms with Crippen LogP contribution in [-0.4, -0.2) is 51.0 Å². The van der Waals surface area contributed by atoms with Crippen LogP contribution in [0.1, 0.15) is 98.3 Å². The molecule has 0 radical (unpaired) electrons. The molecule has 0 amide bonds. The van der Waals surface area contributed by atoms with E-state index in [1.165, 1.54) is 64.2 Å². The fourth-order valence-electron chi connectivity index (χ4n) is 8.28. The molecule has 8 atom stereocenters. The quantitative estimate of drug-likeness (QED) is 0.257. The topological polar surface area (TPSA) is 21.7 Å². The number of ether oxygens (including phenoxy) is 2. The van der Waals surface area contributed by atoms with Gasteiger partial charge in [0, 0.05) is 13.2 Å². The summed E-state index contributed by atoms with van der Waals surface area (Å²) in [6.07, 6.45) is 17.8. The largest absolute Gasteiger partial charge is 0.378 e. The average molecular weight is 460 g/mol. The molecule has 4 rings (SSSR count). The van der Waals surface area contributed by atoms with E-state index in [4.69, 9.17) is 9.47 Å². The first-order valence-electron chi connectivity index (χ1n) is 14.4. The van der Waals surface area contributed by atoms with Gasteiger partial charge in [-0.2, -0.15) is 0 Å². The van der Waals surface area contributed by atoms with Crippen LogP contribution < -0.4 is 0 Å². The van der Waals surface area contributed by atoms with Crippen LogP contribution in [0, 0.1) is 34.5 Å². The van der Waals surface area contributed by atoms with Gasteiger partial charge in [-0.1, -0.05) is 45.8 Å². The summed E-state index contributed by atoms with van der Waals surface area (Å²) in [7, 11) is 4.29. The van der Waals surface area contributed by atoms with Crippen LogP contribution in [0.4, 0.5) is 0 Å². The maximum absolute atomic E-state index is 6.60. The Balaban J connectivity index is 1.37. The van der Waals surface area contributed by atoms with E-state index in [2.05, 4.69) is 52.8 Å². The van der Waals surface area contributed by atoms with Crippen molar-refractivity contribution in [1.29, 1.82) is 0 Å². The molecule has 0 aromatic carbocycles. The minimum absolute atomic E-state index is 0.357. The third-order valence-corrected chi connectivity index (χ3v) is 10.7. The van der Waals surface area contributed by atoms with E-state index >= 15 is 0 Å². The third-order valence-electron chi connectivity index (χ3n) is 10.7. The molecule has 0 bridgehead atoms. The molecule has 0 aromatic rings. The molecule has 33 heavy (non-hydrogen) atoms. The van der Waals surface area contributed by atoms with Crippen LogP contribution >= 0.6 is 0 Å². The highest BCUT2D eigenvalue weighted by Gasteiger charge is 2.59. The molecule has 3 nitrogen and oxygen atoms in total. The smallest absolute Gasteiger partial charge is 0.0758 e. The lowest BCUT2D eigenvalue weighted by atomic mass is 9.47. The van der Waals surface area contributed by atoms with Gasteiger partial charge in [-0.05, 0) is 119 Å². The van der Waals surface area contributed by atoms with Crippen molar-refractivity contribution in [1.82, 2.24) is 4.90 Å². The molecule has 4 aliphatic carbocycles. The van der Waals surface area contributed by atoms with Gasteiger partial charge in [0.2, 0.25) is 0 Å². The maximum Gasteiger partial charge on any atom is 0.0758 e. The fourth-order valence-corrected chi connectivity index (χ4v) is 8.28. The third kappa shape index (κ3) is 5.26. The van der Waals surface area contributed by atoms with Crippen molar-refractivity contribution in [3.8, 4) is 0 Å². The zero-order valence-electron chi connectivity index (χ0n) is 22.7. The Bertz CT molecular complexity index is 674. The van der Waals surface area contributed by atoms with Gasteiger partial charge in [-0.25, -0.2) is 0 Å². The average Bonchev–Trinajstić information content (AvgIpc) is 3.12. The standard InChI is InChI=1S/C30H53NO2/c1-7-22(2)15-20-33-28-12-11-26-25-10-9-23-21-24(32-19-8-18-31(5)6)13-16-29(23,3)27(25)14-17-30(26,28)4/h21-22,24-28H,7-20H2,1-6H3. The van der Waals surface area contributed by atoms with E-state index in [1.54, 1.807) is 5.57 Å². The van der Waals surface area contributed by atoms with Gasteiger partial charge in [0.25, 0.3) is 0 Å². The Kier molecular flexibility index (Phi) is 8.34. The van der Waals surface area contributed by atoms with Crippen LogP contribution in [0.15, 0.2) is 11.6 Å². The lowest BCUT2D eigenvalue weighted by Gasteiger charge is -2.58. The first kappa shape index (κ1) is 25.7. The van der Waals surface area contributed by atoms with Crippen LogP contribution in [0.3, 0.4) is 0 Å². The minimum Gasteiger partial charge on any atom is -0.378 e. The van der Waals surface area contributed by atoms with Gasteiger partial charge in [0.1, 0.15) is 0 Å². The van der Waals surface area contributed by atoms with Crippen molar-refractivity contribution < 1.29 is 9.47 Å². The molecule has 0 heterocycles. The van der Waals surface area contributed by atoms with Gasteiger partial charge < -0.3 is 14.4 Å². The monoisotopic (exact) mass is 459 g/mol. The maximum atomic E-state index is 6.60. The molecular weight excluding hydrogens is 406 g/mol. The SMILES string of the molecule is CCC(C)CCOC1CCC2C3CCC4=CC(OCCCN(C)C)CCC4(C)C3CCC12C. The van der Waals surface area contributed by atoms with E-state index in [1.807, 2.05) is 0 Å². The molecule has 0 saturated heterocycles. The number of allylic oxidation sites excluding steroid dienone is 1. The Hall–Kier alpha value is -0.380. The van der Waals surface area contributed by atoms with Crippen molar-refractivity contribution in [2.45, 2.75) is 111 Å². The molecule has 0 aromatic heterocycles. The Morgan fingerprint density at radius 3 is 2.58 bits per heavy atom. The number of hydrogen-bond acceptors (Lipinski definition) is 3. The molecule has 3 saturated carbocycles. The number of hydrogen-bond donors (Lipinski definition) is 0. The van der Waals surface area contributed by atoms with E-state index in [0.717, 1.165) is 49.9 Å². The highest BCUT2D eigenvalue weighted by atomic mass is 16.5. The van der Waals surface area contributed by atoms with Crippen molar-refractivity contribution in [3.05, 3.63) is 11.6 Å². The zero-order valence-corrected chi connectivity index (χ0v) is 22.7. The van der Waals surface area contributed by atoms with E-state index in [0.29, 0.717) is 23.0 Å². The first-order valence-corrected chi connectivity index (χ1v) is 14.4. The van der Waals surface area contributed by atoms with Crippen LogP contribution in [0.25, 0.3) is 0 Å². The van der Waals surface area contributed by atoms with Crippen molar-refractivity contribution in [3.63, 3.8) is 0 Å². The van der Waals surface area contributed by atoms with Gasteiger partial charge in [0.05, 0.1) is 12.2 Å². The number of nitrogens with zero attached hydrogens (tertiary/aromatic N) is 1. The lowest BCUT2D eigenvalue weighted by Crippen LogP contribution is -2.51. The lowest BCUT2D eigenvalue weighted by molar-refractivity contribution is -0.0993. The van der Waals surface area contributed by atoms with Gasteiger partial charge in [-0.3, -0.25) is 0 Å². The van der Waals surface area contributed by atoms with Crippen molar-refractivity contribution >= 4 is 0 Å². The van der Waals surface area contributed by atoms with Gasteiger partial charge >= 0.3 is 0 Å². The zero-order chi connectivity index (χ0) is 23.6. The molecule has 190 valence electrons. The second-order valence-electron chi connectivity index (χ2n) is 12.9. The molecule has 4 aliphatic rings. The van der Waals surface area contributed by atoms with E-state index in [9.17, 15) is 0 Å². The molecular formula is C30H53NO2. The van der Waals surface area contributed by atoms with E-state index < -0.39 is 0 Å². The summed E-state index contributed by atoms with van der Waals surface area (Å²) in [5.74, 6) is 3.46. The normalized spacial score (nSPS) is 41.3. The van der Waals surface area contributed by atoms with Crippen molar-refractivity contribution in [2.24, 2.45) is 34.5 Å². The van der Waals surface area contributed by atoms with E-state index in [-0.39, 0.29) is 0 Å². The highest BCUT2D eigenvalue weighted by molar-refractivity contribution is 5.25. The second kappa shape index (κ2) is 10.7. The Morgan fingerprint density at radius 1 is 1.00 bits per heavy atom.